The zero-order chi connectivity index (χ0) is 9.78. The Kier molecular flexibility index (Phi) is 3.93. The van der Waals surface area contributed by atoms with E-state index in [9.17, 15) is 0 Å². The third-order valence-electron chi connectivity index (χ3n) is 1.17. The van der Waals surface area contributed by atoms with Crippen LogP contribution in [0.15, 0.2) is 4.42 Å². The summed E-state index contributed by atoms with van der Waals surface area (Å²) in [6.45, 7) is 11.9. The van der Waals surface area contributed by atoms with Gasteiger partial charge in [-0.25, -0.2) is 0 Å². The van der Waals surface area contributed by atoms with Crippen LogP contribution in [0.5, 0.6) is 0 Å². The number of hydrogen-bond acceptors (Lipinski definition) is 3. The average molecular weight is 170 g/mol. The highest BCUT2D eigenvalue weighted by molar-refractivity contribution is 4.94. The molecule has 0 aliphatic heterocycles. The molecule has 1 aromatic heterocycles. The lowest BCUT2D eigenvalue weighted by atomic mass is 9.97. The van der Waals surface area contributed by atoms with Crippen LogP contribution >= 0.6 is 0 Å². The highest BCUT2D eigenvalue weighted by Gasteiger charge is 2.19. The van der Waals surface area contributed by atoms with E-state index in [4.69, 9.17) is 4.42 Å². The van der Waals surface area contributed by atoms with Crippen molar-refractivity contribution in [2.75, 3.05) is 0 Å². The summed E-state index contributed by atoms with van der Waals surface area (Å²) in [5.41, 5.74) is -0.0265. The van der Waals surface area contributed by atoms with Crippen molar-refractivity contribution in [3.8, 4) is 0 Å². The smallest absolute Gasteiger partial charge is 0.221 e. The van der Waals surface area contributed by atoms with Crippen molar-refractivity contribution in [2.24, 2.45) is 0 Å². The van der Waals surface area contributed by atoms with Crippen LogP contribution in [0.3, 0.4) is 0 Å². The fourth-order valence-electron chi connectivity index (χ4n) is 0.600. The molecule has 0 radical (unpaired) electrons. The average Bonchev–Trinajstić information content (AvgIpc) is 2.39. The summed E-state index contributed by atoms with van der Waals surface area (Å²) >= 11 is 0. The van der Waals surface area contributed by atoms with Crippen LogP contribution < -0.4 is 0 Å². The van der Waals surface area contributed by atoms with Crippen molar-refractivity contribution in [1.29, 1.82) is 0 Å². The Morgan fingerprint density at radius 2 is 1.58 bits per heavy atom. The minimum atomic E-state index is -0.0265. The predicted octanol–water partition coefficient (Wildman–Crippen LogP) is 2.70. The Labute approximate surface area is 74.2 Å². The molecule has 0 aliphatic rings. The topological polar surface area (TPSA) is 38.9 Å². The van der Waals surface area contributed by atoms with E-state index in [1.807, 2.05) is 34.6 Å². The van der Waals surface area contributed by atoms with E-state index in [-0.39, 0.29) is 5.41 Å². The second-order valence-electron chi connectivity index (χ2n) is 3.38. The molecular weight excluding hydrogens is 152 g/mol. The summed E-state index contributed by atoms with van der Waals surface area (Å²) in [5.74, 6) is 1.33. The molecule has 0 N–H and O–H groups in total. The first-order valence-electron chi connectivity index (χ1n) is 4.31. The van der Waals surface area contributed by atoms with E-state index < -0.39 is 0 Å². The van der Waals surface area contributed by atoms with E-state index in [1.54, 1.807) is 6.92 Å². The van der Waals surface area contributed by atoms with Crippen LogP contribution in [0, 0.1) is 6.92 Å². The number of rotatable bonds is 0. The molecule has 0 fully saturated rings. The van der Waals surface area contributed by atoms with Gasteiger partial charge in [0.15, 0.2) is 0 Å². The highest BCUT2D eigenvalue weighted by atomic mass is 16.4. The molecule has 0 saturated heterocycles. The monoisotopic (exact) mass is 170 g/mol. The van der Waals surface area contributed by atoms with Gasteiger partial charge < -0.3 is 4.42 Å². The summed E-state index contributed by atoms with van der Waals surface area (Å²) in [6, 6.07) is 0. The lowest BCUT2D eigenvalue weighted by molar-refractivity contribution is 0.380. The molecule has 0 atom stereocenters. The Morgan fingerprint density at radius 3 is 1.75 bits per heavy atom. The Bertz CT molecular complexity index is 223. The first-order valence-corrected chi connectivity index (χ1v) is 4.31. The summed E-state index contributed by atoms with van der Waals surface area (Å²) in [7, 11) is 0. The molecule has 0 aliphatic carbocycles. The zero-order valence-electron chi connectivity index (χ0n) is 8.80. The molecule has 3 nitrogen and oxygen atoms in total. The standard InChI is InChI=1S/C7H12N2O.C2H6/c1-5-8-9-6(10-5)7(2,3)4;1-2/h1-4H3;1-2H3. The van der Waals surface area contributed by atoms with Gasteiger partial charge in [-0.1, -0.05) is 34.6 Å². The van der Waals surface area contributed by atoms with Crippen LogP contribution in [0.4, 0.5) is 0 Å². The molecule has 1 aromatic rings. The summed E-state index contributed by atoms with van der Waals surface area (Å²) in [6.07, 6.45) is 0. The first kappa shape index (κ1) is 11.1. The van der Waals surface area contributed by atoms with Gasteiger partial charge in [-0.2, -0.15) is 0 Å². The second kappa shape index (κ2) is 4.24. The Morgan fingerprint density at radius 1 is 1.08 bits per heavy atom. The van der Waals surface area contributed by atoms with Gasteiger partial charge >= 0.3 is 0 Å². The van der Waals surface area contributed by atoms with Crippen LogP contribution in [0.1, 0.15) is 46.4 Å². The van der Waals surface area contributed by atoms with E-state index in [0.717, 1.165) is 0 Å². The Balaban J connectivity index is 0.000000561. The van der Waals surface area contributed by atoms with Crippen molar-refractivity contribution in [1.82, 2.24) is 10.2 Å². The molecule has 70 valence electrons. The summed E-state index contributed by atoms with van der Waals surface area (Å²) < 4.78 is 5.23. The summed E-state index contributed by atoms with van der Waals surface area (Å²) in [5, 5.41) is 7.64. The number of aromatic nitrogens is 2. The van der Waals surface area contributed by atoms with Crippen LogP contribution in [0.25, 0.3) is 0 Å². The minimum absolute atomic E-state index is 0.0265. The number of nitrogens with zero attached hydrogens (tertiary/aromatic N) is 2. The van der Waals surface area contributed by atoms with Crippen molar-refractivity contribution >= 4 is 0 Å². The third kappa shape index (κ3) is 3.03. The maximum absolute atomic E-state index is 5.23. The third-order valence-corrected chi connectivity index (χ3v) is 1.17. The van der Waals surface area contributed by atoms with Crippen LogP contribution in [-0.4, -0.2) is 10.2 Å². The van der Waals surface area contributed by atoms with Gasteiger partial charge in [0.05, 0.1) is 0 Å². The van der Waals surface area contributed by atoms with Gasteiger partial charge in [0.2, 0.25) is 11.8 Å². The van der Waals surface area contributed by atoms with Gasteiger partial charge in [0.1, 0.15) is 0 Å². The van der Waals surface area contributed by atoms with Gasteiger partial charge in [0.25, 0.3) is 0 Å². The molecule has 0 unspecified atom stereocenters. The SMILES string of the molecule is CC.Cc1nnc(C(C)(C)C)o1. The van der Waals surface area contributed by atoms with E-state index in [2.05, 4.69) is 10.2 Å². The van der Waals surface area contributed by atoms with E-state index >= 15 is 0 Å². The van der Waals surface area contributed by atoms with Crippen LogP contribution in [-0.2, 0) is 5.41 Å². The first-order chi connectivity index (χ1) is 5.50. The fraction of sp³-hybridized carbons (Fsp3) is 0.778. The summed E-state index contributed by atoms with van der Waals surface area (Å²) in [4.78, 5) is 0. The normalized spacial score (nSPS) is 10.5. The molecule has 0 bridgehead atoms. The molecule has 3 heteroatoms. The maximum Gasteiger partial charge on any atom is 0.221 e. The van der Waals surface area contributed by atoms with E-state index in [1.165, 1.54) is 0 Å². The quantitative estimate of drug-likeness (QED) is 0.601. The lowest BCUT2D eigenvalue weighted by Crippen LogP contribution is -2.11. The molecule has 0 amide bonds. The molecular formula is C9H18N2O. The predicted molar refractivity (Wildman–Crippen MR) is 49.1 cm³/mol. The van der Waals surface area contributed by atoms with Crippen molar-refractivity contribution in [3.63, 3.8) is 0 Å². The van der Waals surface area contributed by atoms with Crippen molar-refractivity contribution in [2.45, 2.75) is 47.0 Å². The van der Waals surface area contributed by atoms with Gasteiger partial charge in [-0.3, -0.25) is 0 Å². The second-order valence-corrected chi connectivity index (χ2v) is 3.38. The molecule has 0 aromatic carbocycles. The van der Waals surface area contributed by atoms with Gasteiger partial charge in [0, 0.05) is 12.3 Å². The number of hydrogen-bond donors (Lipinski definition) is 0. The van der Waals surface area contributed by atoms with Crippen LogP contribution in [0.2, 0.25) is 0 Å². The molecule has 0 saturated carbocycles. The van der Waals surface area contributed by atoms with E-state index in [0.29, 0.717) is 11.8 Å². The van der Waals surface area contributed by atoms with Crippen molar-refractivity contribution in [3.05, 3.63) is 11.8 Å². The van der Waals surface area contributed by atoms with Gasteiger partial charge in [-0.05, 0) is 0 Å². The minimum Gasteiger partial charge on any atom is -0.425 e. The lowest BCUT2D eigenvalue weighted by Gasteiger charge is -2.10. The van der Waals surface area contributed by atoms with Crippen molar-refractivity contribution < 1.29 is 4.42 Å². The van der Waals surface area contributed by atoms with Gasteiger partial charge in [-0.15, -0.1) is 10.2 Å². The zero-order valence-corrected chi connectivity index (χ0v) is 8.80. The fourth-order valence-corrected chi connectivity index (χ4v) is 0.600. The molecule has 0 spiro atoms. The maximum atomic E-state index is 5.23. The molecule has 1 rings (SSSR count). The molecule has 12 heavy (non-hydrogen) atoms. The largest absolute Gasteiger partial charge is 0.425 e. The number of aryl methyl sites for hydroxylation is 1. The highest BCUT2D eigenvalue weighted by Crippen LogP contribution is 2.19. The molecule has 1 heterocycles. The Hall–Kier alpha value is -0.860.